The van der Waals surface area contributed by atoms with Gasteiger partial charge in [-0.1, -0.05) is 49.8 Å². The zero-order chi connectivity index (χ0) is 8.85. The summed E-state index contributed by atoms with van der Waals surface area (Å²) >= 11 is 0. The lowest BCUT2D eigenvalue weighted by molar-refractivity contribution is 0.760. The van der Waals surface area contributed by atoms with Crippen molar-refractivity contribution in [1.29, 1.82) is 0 Å². The molecule has 0 aromatic rings. The highest BCUT2D eigenvalue weighted by molar-refractivity contribution is 5.25. The Labute approximate surface area is 70.3 Å². The van der Waals surface area contributed by atoms with Gasteiger partial charge in [0.2, 0.25) is 0 Å². The predicted molar refractivity (Wildman–Crippen MR) is 52.5 cm³/mol. The summed E-state index contributed by atoms with van der Waals surface area (Å²) in [6.45, 7) is 12.4. The minimum Gasteiger partial charge on any atom is -0.0991 e. The first kappa shape index (κ1) is 10.2. The van der Waals surface area contributed by atoms with Crippen molar-refractivity contribution in [3.05, 3.63) is 36.0 Å². The Morgan fingerprint density at radius 3 is 2.18 bits per heavy atom. The first-order valence-corrected chi connectivity index (χ1v) is 4.06. The van der Waals surface area contributed by atoms with Crippen molar-refractivity contribution in [2.45, 2.75) is 27.7 Å². The summed E-state index contributed by atoms with van der Waals surface area (Å²) in [5.41, 5.74) is 2.79. The Hall–Kier alpha value is -0.780. The van der Waals surface area contributed by atoms with Crippen LogP contribution in [0.3, 0.4) is 0 Å². The van der Waals surface area contributed by atoms with Gasteiger partial charge < -0.3 is 0 Å². The Balaban J connectivity index is 4.39. The van der Waals surface area contributed by atoms with Crippen molar-refractivity contribution in [1.82, 2.24) is 0 Å². The Bertz CT molecular complexity index is 180. The van der Waals surface area contributed by atoms with Crippen molar-refractivity contribution in [2.75, 3.05) is 0 Å². The van der Waals surface area contributed by atoms with E-state index in [0.29, 0.717) is 5.92 Å². The Kier molecular flexibility index (Phi) is 4.60. The smallest absolute Gasteiger partial charge is 0.0257 e. The second kappa shape index (κ2) is 4.95. The molecule has 0 saturated carbocycles. The third kappa shape index (κ3) is 3.82. The maximum Gasteiger partial charge on any atom is -0.0257 e. The van der Waals surface area contributed by atoms with E-state index in [1.165, 1.54) is 11.1 Å². The highest BCUT2D eigenvalue weighted by Crippen LogP contribution is 2.14. The third-order valence-corrected chi connectivity index (χ3v) is 1.97. The molecule has 0 aromatic heterocycles. The van der Waals surface area contributed by atoms with Gasteiger partial charge in [0, 0.05) is 0 Å². The van der Waals surface area contributed by atoms with Crippen LogP contribution in [0.15, 0.2) is 36.0 Å². The van der Waals surface area contributed by atoms with Crippen LogP contribution in [-0.4, -0.2) is 0 Å². The van der Waals surface area contributed by atoms with E-state index in [9.17, 15) is 0 Å². The van der Waals surface area contributed by atoms with Crippen LogP contribution in [0.2, 0.25) is 0 Å². The van der Waals surface area contributed by atoms with E-state index in [4.69, 9.17) is 0 Å². The molecule has 0 spiro atoms. The molecule has 62 valence electrons. The molecule has 0 atom stereocenters. The fourth-order valence-electron chi connectivity index (χ4n) is 0.799. The number of allylic oxidation sites excluding steroid dienone is 5. The van der Waals surface area contributed by atoms with Crippen LogP contribution in [0.4, 0.5) is 0 Å². The summed E-state index contributed by atoms with van der Waals surface area (Å²) in [4.78, 5) is 0. The van der Waals surface area contributed by atoms with Gasteiger partial charge in [-0.05, 0) is 19.8 Å². The predicted octanol–water partition coefficient (Wildman–Crippen LogP) is 3.72. The first-order valence-electron chi connectivity index (χ1n) is 4.06. The number of hydrogen-bond donors (Lipinski definition) is 0. The van der Waals surface area contributed by atoms with Gasteiger partial charge in [-0.15, -0.1) is 0 Å². The normalized spacial score (nSPS) is 13.9. The van der Waals surface area contributed by atoms with E-state index in [0.717, 1.165) is 0 Å². The van der Waals surface area contributed by atoms with E-state index in [-0.39, 0.29) is 0 Å². The maximum atomic E-state index is 3.63. The second-order valence-electron chi connectivity index (χ2n) is 3.12. The highest BCUT2D eigenvalue weighted by Gasteiger charge is 1.97. The van der Waals surface area contributed by atoms with Gasteiger partial charge in [0.15, 0.2) is 0 Å². The van der Waals surface area contributed by atoms with Crippen molar-refractivity contribution in [3.63, 3.8) is 0 Å². The maximum absolute atomic E-state index is 3.63. The van der Waals surface area contributed by atoms with Gasteiger partial charge >= 0.3 is 0 Å². The molecule has 0 rings (SSSR count). The van der Waals surface area contributed by atoms with Crippen molar-refractivity contribution < 1.29 is 0 Å². The first-order chi connectivity index (χ1) is 5.09. The molecule has 0 bridgehead atoms. The van der Waals surface area contributed by atoms with Crippen LogP contribution in [0.25, 0.3) is 0 Å². The highest BCUT2D eigenvalue weighted by atomic mass is 14.0. The topological polar surface area (TPSA) is 0 Å². The van der Waals surface area contributed by atoms with E-state index < -0.39 is 0 Å². The molecule has 0 heterocycles. The molecule has 0 radical (unpaired) electrons. The fourth-order valence-corrected chi connectivity index (χ4v) is 0.799. The fraction of sp³-hybridized carbons (Fsp3) is 0.455. The number of rotatable bonds is 3. The molecule has 0 aromatic carbocycles. The zero-order valence-corrected chi connectivity index (χ0v) is 8.02. The van der Waals surface area contributed by atoms with Crippen molar-refractivity contribution in [2.24, 2.45) is 5.92 Å². The molecule has 0 saturated heterocycles. The second-order valence-corrected chi connectivity index (χ2v) is 3.12. The van der Waals surface area contributed by atoms with Crippen LogP contribution in [0, 0.1) is 5.92 Å². The molecular weight excluding hydrogens is 132 g/mol. The van der Waals surface area contributed by atoms with E-state index in [2.05, 4.69) is 40.3 Å². The van der Waals surface area contributed by atoms with Gasteiger partial charge in [-0.25, -0.2) is 0 Å². The average molecular weight is 150 g/mol. The summed E-state index contributed by atoms with van der Waals surface area (Å²) in [6.07, 6.45) is 5.88. The lowest BCUT2D eigenvalue weighted by Gasteiger charge is -2.06. The van der Waals surface area contributed by atoms with Crippen molar-refractivity contribution in [3.8, 4) is 0 Å². The third-order valence-electron chi connectivity index (χ3n) is 1.97. The molecule has 0 fully saturated rings. The average Bonchev–Trinajstić information content (AvgIpc) is 1.98. The van der Waals surface area contributed by atoms with Crippen LogP contribution in [0.5, 0.6) is 0 Å². The van der Waals surface area contributed by atoms with Crippen LogP contribution >= 0.6 is 0 Å². The summed E-state index contributed by atoms with van der Waals surface area (Å²) in [7, 11) is 0. The molecule has 0 unspecified atom stereocenters. The zero-order valence-electron chi connectivity index (χ0n) is 8.02. The minimum absolute atomic E-state index is 0.643. The molecule has 0 heteroatoms. The SMILES string of the molecule is C=C/C=C\C(C)=C(/C)C(C)C. The molecule has 0 aliphatic rings. The molecule has 0 amide bonds. The standard InChI is InChI=1S/C11H18/c1-6-7-8-10(4)11(5)9(2)3/h6-9H,1H2,2-5H3/b8-7-,11-10+. The molecule has 0 nitrogen and oxygen atoms in total. The van der Waals surface area contributed by atoms with E-state index in [1.807, 2.05) is 6.08 Å². The lowest BCUT2D eigenvalue weighted by Crippen LogP contribution is -1.91. The molecule has 0 N–H and O–H groups in total. The van der Waals surface area contributed by atoms with Crippen LogP contribution < -0.4 is 0 Å². The van der Waals surface area contributed by atoms with Crippen molar-refractivity contribution >= 4 is 0 Å². The van der Waals surface area contributed by atoms with E-state index >= 15 is 0 Å². The molecule has 0 aliphatic heterocycles. The van der Waals surface area contributed by atoms with Crippen LogP contribution in [0.1, 0.15) is 27.7 Å². The van der Waals surface area contributed by atoms with Gasteiger partial charge in [-0.2, -0.15) is 0 Å². The van der Waals surface area contributed by atoms with Gasteiger partial charge in [0.05, 0.1) is 0 Å². The van der Waals surface area contributed by atoms with Crippen LogP contribution in [-0.2, 0) is 0 Å². The molecular formula is C11H18. The minimum atomic E-state index is 0.643. The summed E-state index contributed by atoms with van der Waals surface area (Å²) < 4.78 is 0. The quantitative estimate of drug-likeness (QED) is 0.538. The molecule has 11 heavy (non-hydrogen) atoms. The number of hydrogen-bond acceptors (Lipinski definition) is 0. The van der Waals surface area contributed by atoms with Gasteiger partial charge in [0.25, 0.3) is 0 Å². The lowest BCUT2D eigenvalue weighted by atomic mass is 10.00. The summed E-state index contributed by atoms with van der Waals surface area (Å²) in [5, 5.41) is 0. The molecule has 0 aliphatic carbocycles. The van der Waals surface area contributed by atoms with Gasteiger partial charge in [0.1, 0.15) is 0 Å². The summed E-state index contributed by atoms with van der Waals surface area (Å²) in [5.74, 6) is 0.643. The monoisotopic (exact) mass is 150 g/mol. The van der Waals surface area contributed by atoms with Gasteiger partial charge in [-0.3, -0.25) is 0 Å². The summed E-state index contributed by atoms with van der Waals surface area (Å²) in [6, 6.07) is 0. The Morgan fingerprint density at radius 1 is 1.27 bits per heavy atom. The van der Waals surface area contributed by atoms with E-state index in [1.54, 1.807) is 6.08 Å². The Morgan fingerprint density at radius 2 is 1.82 bits per heavy atom. The largest absolute Gasteiger partial charge is 0.0991 e.